The molecule has 1 fully saturated rings. The molecule has 1 aromatic rings. The maximum absolute atomic E-state index is 10.8. The van der Waals surface area contributed by atoms with E-state index >= 15 is 0 Å². The van der Waals surface area contributed by atoms with Crippen LogP contribution in [-0.4, -0.2) is 31.6 Å². The first kappa shape index (κ1) is 12.1. The summed E-state index contributed by atoms with van der Waals surface area (Å²) in [6.45, 7) is 7.97. The van der Waals surface area contributed by atoms with Gasteiger partial charge >= 0.3 is 0 Å². The molecule has 1 aromatic carbocycles. The van der Waals surface area contributed by atoms with E-state index in [1.54, 1.807) is 0 Å². The third-order valence-corrected chi connectivity index (χ3v) is 3.17. The van der Waals surface area contributed by atoms with Crippen molar-refractivity contribution in [3.8, 4) is 0 Å². The molecule has 0 bridgehead atoms. The van der Waals surface area contributed by atoms with E-state index in [0.29, 0.717) is 0 Å². The van der Waals surface area contributed by atoms with Crippen molar-refractivity contribution in [2.24, 2.45) is 0 Å². The Bertz CT molecular complexity index is 407. The molecule has 2 unspecified atom stereocenters. The second-order valence-electron chi connectivity index (χ2n) is 4.82. The van der Waals surface area contributed by atoms with E-state index in [4.69, 9.17) is 4.74 Å². The van der Waals surface area contributed by atoms with Gasteiger partial charge in [-0.3, -0.25) is 4.79 Å². The number of benzene rings is 1. The number of aldehydes is 1. The molecule has 1 heterocycles. The highest BCUT2D eigenvalue weighted by atomic mass is 16.5. The average molecular weight is 233 g/mol. The molecular weight excluding hydrogens is 214 g/mol. The van der Waals surface area contributed by atoms with Crippen LogP contribution in [0.3, 0.4) is 0 Å². The summed E-state index contributed by atoms with van der Waals surface area (Å²) >= 11 is 0. The number of ether oxygens (including phenoxy) is 1. The minimum atomic E-state index is 0.254. The number of hydrogen-bond acceptors (Lipinski definition) is 3. The van der Waals surface area contributed by atoms with Gasteiger partial charge < -0.3 is 9.64 Å². The van der Waals surface area contributed by atoms with Gasteiger partial charge in [0.1, 0.15) is 6.29 Å². The standard InChI is InChI=1S/C14H19NO2/c1-10-6-14(5-4-13(10)9-16)15-7-11(2)17-12(3)8-15/h4-6,9,11-12H,7-8H2,1-3H3. The lowest BCUT2D eigenvalue weighted by atomic mass is 10.1. The SMILES string of the molecule is Cc1cc(N2CC(C)OC(C)C2)ccc1C=O. The van der Waals surface area contributed by atoms with E-state index in [2.05, 4.69) is 24.8 Å². The molecule has 0 radical (unpaired) electrons. The summed E-state index contributed by atoms with van der Waals surface area (Å²) in [6, 6.07) is 5.98. The van der Waals surface area contributed by atoms with Crippen molar-refractivity contribution in [3.63, 3.8) is 0 Å². The van der Waals surface area contributed by atoms with Crippen molar-refractivity contribution in [1.29, 1.82) is 0 Å². The normalized spacial score (nSPS) is 24.8. The van der Waals surface area contributed by atoms with Crippen LogP contribution in [0.5, 0.6) is 0 Å². The van der Waals surface area contributed by atoms with Crippen molar-refractivity contribution < 1.29 is 9.53 Å². The summed E-state index contributed by atoms with van der Waals surface area (Å²) in [7, 11) is 0. The van der Waals surface area contributed by atoms with Gasteiger partial charge in [-0.1, -0.05) is 0 Å². The fraction of sp³-hybridized carbons (Fsp3) is 0.500. The highest BCUT2D eigenvalue weighted by molar-refractivity contribution is 5.78. The molecule has 0 saturated carbocycles. The highest BCUT2D eigenvalue weighted by Crippen LogP contribution is 2.22. The lowest BCUT2D eigenvalue weighted by Crippen LogP contribution is -2.45. The summed E-state index contributed by atoms with van der Waals surface area (Å²) in [4.78, 5) is 13.1. The highest BCUT2D eigenvalue weighted by Gasteiger charge is 2.22. The second kappa shape index (κ2) is 4.88. The fourth-order valence-corrected chi connectivity index (χ4v) is 2.38. The van der Waals surface area contributed by atoms with Crippen LogP contribution in [0.4, 0.5) is 5.69 Å². The van der Waals surface area contributed by atoms with Crippen LogP contribution >= 0.6 is 0 Å². The summed E-state index contributed by atoms with van der Waals surface area (Å²) in [5, 5.41) is 0. The molecule has 2 rings (SSSR count). The molecule has 0 aliphatic carbocycles. The molecule has 0 N–H and O–H groups in total. The second-order valence-corrected chi connectivity index (χ2v) is 4.82. The maximum atomic E-state index is 10.8. The van der Waals surface area contributed by atoms with E-state index in [9.17, 15) is 4.79 Å². The van der Waals surface area contributed by atoms with Gasteiger partial charge in [0, 0.05) is 24.3 Å². The number of carbonyl (C=O) groups is 1. The first-order chi connectivity index (χ1) is 8.10. The van der Waals surface area contributed by atoms with Crippen molar-refractivity contribution in [2.75, 3.05) is 18.0 Å². The molecule has 0 spiro atoms. The zero-order valence-corrected chi connectivity index (χ0v) is 10.6. The Labute approximate surface area is 102 Å². The molecule has 2 atom stereocenters. The third-order valence-electron chi connectivity index (χ3n) is 3.17. The number of anilines is 1. The van der Waals surface area contributed by atoms with Gasteiger partial charge in [0.2, 0.25) is 0 Å². The molecule has 17 heavy (non-hydrogen) atoms. The Morgan fingerprint density at radius 3 is 2.47 bits per heavy atom. The Kier molecular flexibility index (Phi) is 3.48. The molecule has 3 nitrogen and oxygen atoms in total. The van der Waals surface area contributed by atoms with E-state index in [1.165, 1.54) is 5.69 Å². The quantitative estimate of drug-likeness (QED) is 0.735. The Balaban J connectivity index is 2.21. The number of aryl methyl sites for hydroxylation is 1. The van der Waals surface area contributed by atoms with Crippen LogP contribution in [0, 0.1) is 6.92 Å². The molecule has 92 valence electrons. The number of nitrogens with zero attached hydrogens (tertiary/aromatic N) is 1. The Hall–Kier alpha value is -1.35. The third kappa shape index (κ3) is 2.67. The van der Waals surface area contributed by atoms with Crippen molar-refractivity contribution >= 4 is 12.0 Å². The summed E-state index contributed by atoms with van der Waals surface area (Å²) in [6.07, 6.45) is 1.42. The smallest absolute Gasteiger partial charge is 0.150 e. The van der Waals surface area contributed by atoms with Gasteiger partial charge in [-0.25, -0.2) is 0 Å². The summed E-state index contributed by atoms with van der Waals surface area (Å²) in [5.74, 6) is 0. The Morgan fingerprint density at radius 2 is 1.94 bits per heavy atom. The van der Waals surface area contributed by atoms with Crippen LogP contribution in [0.15, 0.2) is 18.2 Å². The molecule has 0 amide bonds. The monoisotopic (exact) mass is 233 g/mol. The molecule has 1 aliphatic rings. The number of carbonyl (C=O) groups excluding carboxylic acids is 1. The number of morpholine rings is 1. The van der Waals surface area contributed by atoms with Crippen LogP contribution in [-0.2, 0) is 4.74 Å². The van der Waals surface area contributed by atoms with E-state index < -0.39 is 0 Å². The van der Waals surface area contributed by atoms with Crippen LogP contribution < -0.4 is 4.90 Å². The van der Waals surface area contributed by atoms with Gasteiger partial charge in [0.15, 0.2) is 0 Å². The van der Waals surface area contributed by atoms with Crippen LogP contribution in [0.2, 0.25) is 0 Å². The molecule has 0 aromatic heterocycles. The van der Waals surface area contributed by atoms with E-state index in [0.717, 1.165) is 30.5 Å². The van der Waals surface area contributed by atoms with Crippen LogP contribution in [0.25, 0.3) is 0 Å². The van der Waals surface area contributed by atoms with E-state index in [-0.39, 0.29) is 12.2 Å². The average Bonchev–Trinajstić information content (AvgIpc) is 2.27. The van der Waals surface area contributed by atoms with Gasteiger partial charge in [-0.05, 0) is 44.5 Å². The van der Waals surface area contributed by atoms with Gasteiger partial charge in [0.25, 0.3) is 0 Å². The lowest BCUT2D eigenvalue weighted by Gasteiger charge is -2.37. The van der Waals surface area contributed by atoms with Gasteiger partial charge in [-0.15, -0.1) is 0 Å². The zero-order chi connectivity index (χ0) is 12.4. The van der Waals surface area contributed by atoms with Crippen molar-refractivity contribution in [2.45, 2.75) is 33.0 Å². The zero-order valence-electron chi connectivity index (χ0n) is 10.6. The van der Waals surface area contributed by atoms with Crippen LogP contribution in [0.1, 0.15) is 29.8 Å². The Morgan fingerprint density at radius 1 is 1.29 bits per heavy atom. The number of rotatable bonds is 2. The largest absolute Gasteiger partial charge is 0.372 e. The van der Waals surface area contributed by atoms with Gasteiger partial charge in [0.05, 0.1) is 12.2 Å². The fourth-order valence-electron chi connectivity index (χ4n) is 2.38. The predicted octanol–water partition coefficient (Wildman–Crippen LogP) is 2.42. The minimum Gasteiger partial charge on any atom is -0.372 e. The predicted molar refractivity (Wildman–Crippen MR) is 68.8 cm³/mol. The number of hydrogen-bond donors (Lipinski definition) is 0. The maximum Gasteiger partial charge on any atom is 0.150 e. The molecule has 3 heteroatoms. The topological polar surface area (TPSA) is 29.5 Å². The molecule has 1 saturated heterocycles. The summed E-state index contributed by atoms with van der Waals surface area (Å²) < 4.78 is 5.72. The lowest BCUT2D eigenvalue weighted by molar-refractivity contribution is -0.00522. The first-order valence-corrected chi connectivity index (χ1v) is 6.06. The first-order valence-electron chi connectivity index (χ1n) is 6.06. The molecule has 1 aliphatic heterocycles. The van der Waals surface area contributed by atoms with Crippen molar-refractivity contribution in [1.82, 2.24) is 0 Å². The minimum absolute atomic E-state index is 0.254. The summed E-state index contributed by atoms with van der Waals surface area (Å²) in [5.41, 5.74) is 2.97. The van der Waals surface area contributed by atoms with Gasteiger partial charge in [-0.2, -0.15) is 0 Å². The molecular formula is C14H19NO2. The van der Waals surface area contributed by atoms with Crippen molar-refractivity contribution in [3.05, 3.63) is 29.3 Å². The van der Waals surface area contributed by atoms with E-state index in [1.807, 2.05) is 19.1 Å².